The predicted molar refractivity (Wildman–Crippen MR) is 83.8 cm³/mol. The van der Waals surface area contributed by atoms with E-state index in [0.717, 1.165) is 32.1 Å². The van der Waals surface area contributed by atoms with E-state index in [4.69, 9.17) is 5.73 Å². The molecule has 1 fully saturated rings. The van der Waals surface area contributed by atoms with Crippen LogP contribution in [-0.2, 0) is 5.41 Å². The molecule has 2 aromatic carbocycles. The molecule has 0 unspecified atom stereocenters. The summed E-state index contributed by atoms with van der Waals surface area (Å²) in [5.41, 5.74) is 7.43. The molecule has 0 aromatic heterocycles. The van der Waals surface area contributed by atoms with Crippen LogP contribution in [0.2, 0.25) is 0 Å². The topological polar surface area (TPSA) is 46.2 Å². The van der Waals surface area contributed by atoms with Gasteiger partial charge in [-0.1, -0.05) is 42.5 Å². The van der Waals surface area contributed by atoms with Crippen LogP contribution in [0, 0.1) is 0 Å². The van der Waals surface area contributed by atoms with Crippen LogP contribution in [0.25, 0.3) is 10.8 Å². The smallest absolute Gasteiger partial charge is 0.0540 e. The van der Waals surface area contributed by atoms with Gasteiger partial charge in [0.2, 0.25) is 0 Å². The zero-order chi connectivity index (χ0) is 14.0. The molecule has 0 aliphatic heterocycles. The molecule has 3 rings (SSSR count). The standard InChI is InChI=1S/C18H23NO/c19-12-11-18(9-7-17(20)8-10-18)16-6-5-14-3-1-2-4-15(14)13-16/h1-6,13,17,20H,7-12,19H2. The molecule has 106 valence electrons. The number of hydrogen-bond acceptors (Lipinski definition) is 2. The quantitative estimate of drug-likeness (QED) is 0.897. The van der Waals surface area contributed by atoms with Gasteiger partial charge in [0.1, 0.15) is 0 Å². The van der Waals surface area contributed by atoms with Crippen molar-refractivity contribution in [3.63, 3.8) is 0 Å². The minimum Gasteiger partial charge on any atom is -0.393 e. The number of fused-ring (bicyclic) bond motifs is 1. The molecule has 20 heavy (non-hydrogen) atoms. The molecule has 1 saturated carbocycles. The number of benzene rings is 2. The van der Waals surface area contributed by atoms with Crippen molar-refractivity contribution < 1.29 is 5.11 Å². The van der Waals surface area contributed by atoms with Crippen molar-refractivity contribution in [2.24, 2.45) is 5.73 Å². The van der Waals surface area contributed by atoms with Crippen molar-refractivity contribution in [2.45, 2.75) is 43.6 Å². The van der Waals surface area contributed by atoms with E-state index >= 15 is 0 Å². The van der Waals surface area contributed by atoms with Crippen LogP contribution < -0.4 is 5.73 Å². The first kappa shape index (κ1) is 13.6. The summed E-state index contributed by atoms with van der Waals surface area (Å²) in [5.74, 6) is 0. The van der Waals surface area contributed by atoms with Gasteiger partial charge in [0.05, 0.1) is 6.10 Å². The lowest BCUT2D eigenvalue weighted by atomic mass is 9.66. The SMILES string of the molecule is NCCC1(c2ccc3ccccc3c2)CCC(O)CC1. The van der Waals surface area contributed by atoms with Gasteiger partial charge in [0.15, 0.2) is 0 Å². The molecule has 2 aromatic rings. The Hall–Kier alpha value is -1.38. The Kier molecular flexibility index (Phi) is 3.77. The van der Waals surface area contributed by atoms with Gasteiger partial charge in [0.25, 0.3) is 0 Å². The molecular weight excluding hydrogens is 246 g/mol. The molecule has 0 atom stereocenters. The highest BCUT2D eigenvalue weighted by molar-refractivity contribution is 5.83. The first-order valence-corrected chi connectivity index (χ1v) is 7.61. The molecule has 1 aliphatic carbocycles. The Morgan fingerprint density at radius 1 is 1.05 bits per heavy atom. The highest BCUT2D eigenvalue weighted by Crippen LogP contribution is 2.42. The van der Waals surface area contributed by atoms with E-state index in [1.165, 1.54) is 16.3 Å². The Morgan fingerprint density at radius 3 is 2.45 bits per heavy atom. The highest BCUT2D eigenvalue weighted by atomic mass is 16.3. The van der Waals surface area contributed by atoms with Gasteiger partial charge in [-0.05, 0) is 60.4 Å². The van der Waals surface area contributed by atoms with Crippen LogP contribution in [0.15, 0.2) is 42.5 Å². The average molecular weight is 269 g/mol. The second kappa shape index (κ2) is 5.55. The third kappa shape index (κ3) is 2.46. The zero-order valence-electron chi connectivity index (χ0n) is 11.9. The van der Waals surface area contributed by atoms with Crippen LogP contribution in [0.5, 0.6) is 0 Å². The first-order valence-electron chi connectivity index (χ1n) is 7.61. The van der Waals surface area contributed by atoms with E-state index in [9.17, 15) is 5.11 Å². The summed E-state index contributed by atoms with van der Waals surface area (Å²) >= 11 is 0. The number of hydrogen-bond donors (Lipinski definition) is 2. The van der Waals surface area contributed by atoms with Gasteiger partial charge in [-0.2, -0.15) is 0 Å². The maximum atomic E-state index is 9.80. The minimum absolute atomic E-state index is 0.124. The maximum absolute atomic E-state index is 9.80. The summed E-state index contributed by atoms with van der Waals surface area (Å²) < 4.78 is 0. The van der Waals surface area contributed by atoms with Gasteiger partial charge >= 0.3 is 0 Å². The van der Waals surface area contributed by atoms with Gasteiger partial charge in [-0.25, -0.2) is 0 Å². The molecule has 2 heteroatoms. The lowest BCUT2D eigenvalue weighted by Crippen LogP contribution is -2.35. The lowest BCUT2D eigenvalue weighted by Gasteiger charge is -2.39. The molecule has 0 amide bonds. The summed E-state index contributed by atoms with van der Waals surface area (Å²) in [6.45, 7) is 0.711. The van der Waals surface area contributed by atoms with Crippen molar-refractivity contribution in [3.05, 3.63) is 48.0 Å². The third-order valence-corrected chi connectivity index (χ3v) is 4.90. The summed E-state index contributed by atoms with van der Waals surface area (Å²) in [6, 6.07) is 15.3. The molecule has 0 bridgehead atoms. The third-order valence-electron chi connectivity index (χ3n) is 4.90. The average Bonchev–Trinajstić information content (AvgIpc) is 2.49. The fraction of sp³-hybridized carbons (Fsp3) is 0.444. The summed E-state index contributed by atoms with van der Waals surface area (Å²) in [6.07, 6.45) is 4.77. The monoisotopic (exact) mass is 269 g/mol. The summed E-state index contributed by atoms with van der Waals surface area (Å²) in [4.78, 5) is 0. The van der Waals surface area contributed by atoms with E-state index in [1.54, 1.807) is 0 Å². The minimum atomic E-state index is -0.124. The van der Waals surface area contributed by atoms with Crippen molar-refractivity contribution in [1.29, 1.82) is 0 Å². The summed E-state index contributed by atoms with van der Waals surface area (Å²) in [5, 5.41) is 12.4. The van der Waals surface area contributed by atoms with E-state index in [2.05, 4.69) is 42.5 Å². The van der Waals surface area contributed by atoms with Crippen LogP contribution in [0.1, 0.15) is 37.7 Å². The van der Waals surface area contributed by atoms with E-state index in [0.29, 0.717) is 6.54 Å². The molecule has 3 N–H and O–H groups in total. The molecule has 0 heterocycles. The number of nitrogens with two attached hydrogens (primary N) is 1. The van der Waals surface area contributed by atoms with Crippen LogP contribution in [0.3, 0.4) is 0 Å². The maximum Gasteiger partial charge on any atom is 0.0540 e. The fourth-order valence-corrected chi connectivity index (χ4v) is 3.63. The largest absolute Gasteiger partial charge is 0.393 e. The second-order valence-electron chi connectivity index (χ2n) is 6.11. The predicted octanol–water partition coefficient (Wildman–Crippen LogP) is 3.36. The Morgan fingerprint density at radius 2 is 1.75 bits per heavy atom. The van der Waals surface area contributed by atoms with Gasteiger partial charge < -0.3 is 10.8 Å². The molecule has 2 nitrogen and oxygen atoms in total. The first-order chi connectivity index (χ1) is 9.73. The van der Waals surface area contributed by atoms with Crippen LogP contribution in [-0.4, -0.2) is 17.8 Å². The van der Waals surface area contributed by atoms with Crippen LogP contribution >= 0.6 is 0 Å². The van der Waals surface area contributed by atoms with Gasteiger partial charge in [-0.3, -0.25) is 0 Å². The Balaban J connectivity index is 2.00. The highest BCUT2D eigenvalue weighted by Gasteiger charge is 2.35. The van der Waals surface area contributed by atoms with Crippen molar-refractivity contribution in [3.8, 4) is 0 Å². The van der Waals surface area contributed by atoms with Gasteiger partial charge in [-0.15, -0.1) is 0 Å². The van der Waals surface area contributed by atoms with Gasteiger partial charge in [0, 0.05) is 0 Å². The number of aliphatic hydroxyl groups excluding tert-OH is 1. The molecule has 0 saturated heterocycles. The van der Waals surface area contributed by atoms with E-state index in [1.807, 2.05) is 0 Å². The molecule has 1 aliphatic rings. The molecule has 0 spiro atoms. The summed E-state index contributed by atoms with van der Waals surface area (Å²) in [7, 11) is 0. The fourth-order valence-electron chi connectivity index (χ4n) is 3.63. The van der Waals surface area contributed by atoms with Crippen LogP contribution in [0.4, 0.5) is 0 Å². The molecular formula is C18H23NO. The zero-order valence-corrected chi connectivity index (χ0v) is 11.9. The Bertz CT molecular complexity index is 585. The van der Waals surface area contributed by atoms with E-state index < -0.39 is 0 Å². The second-order valence-corrected chi connectivity index (χ2v) is 6.11. The Labute approximate surface area is 120 Å². The lowest BCUT2D eigenvalue weighted by molar-refractivity contribution is 0.0928. The van der Waals surface area contributed by atoms with Crippen molar-refractivity contribution in [1.82, 2.24) is 0 Å². The number of rotatable bonds is 3. The van der Waals surface area contributed by atoms with Crippen molar-refractivity contribution >= 4 is 10.8 Å². The molecule has 0 radical (unpaired) electrons. The normalized spacial score (nSPS) is 26.8. The van der Waals surface area contributed by atoms with E-state index in [-0.39, 0.29) is 11.5 Å². The number of aliphatic hydroxyl groups is 1. The van der Waals surface area contributed by atoms with Crippen molar-refractivity contribution in [2.75, 3.05) is 6.54 Å².